The Balaban J connectivity index is 2.21. The van der Waals surface area contributed by atoms with Gasteiger partial charge in [-0.15, -0.1) is 0 Å². The topological polar surface area (TPSA) is 147 Å². The largest absolute Gasteiger partial charge is 0.479 e. The molecular formula is C12H14O9. The zero-order chi connectivity index (χ0) is 15.7. The number of aliphatic carboxylic acids is 1. The van der Waals surface area contributed by atoms with Crippen molar-refractivity contribution in [1.82, 2.24) is 0 Å². The Morgan fingerprint density at radius 3 is 2.43 bits per heavy atom. The highest BCUT2D eigenvalue weighted by Crippen LogP contribution is 2.24. The van der Waals surface area contributed by atoms with E-state index in [2.05, 4.69) is 0 Å². The Morgan fingerprint density at radius 1 is 1.19 bits per heavy atom. The first-order chi connectivity index (χ1) is 9.79. The highest BCUT2D eigenvalue weighted by molar-refractivity contribution is 5.73. The maximum absolute atomic E-state index is 11.2. The van der Waals surface area contributed by atoms with E-state index in [1.165, 1.54) is 13.0 Å². The number of aryl methyl sites for hydroxylation is 1. The van der Waals surface area contributed by atoms with Crippen LogP contribution in [0.5, 0.6) is 5.75 Å². The van der Waals surface area contributed by atoms with E-state index in [0.717, 1.165) is 6.07 Å². The van der Waals surface area contributed by atoms with Crippen molar-refractivity contribution >= 4 is 5.97 Å². The van der Waals surface area contributed by atoms with Gasteiger partial charge in [-0.3, -0.25) is 0 Å². The summed E-state index contributed by atoms with van der Waals surface area (Å²) in [7, 11) is 0. The number of carbonyl (C=O) groups is 1. The maximum atomic E-state index is 11.2. The number of hydrogen-bond donors (Lipinski definition) is 4. The number of rotatable bonds is 3. The van der Waals surface area contributed by atoms with Crippen molar-refractivity contribution < 1.29 is 39.1 Å². The second-order valence-corrected chi connectivity index (χ2v) is 4.58. The minimum absolute atomic E-state index is 0.0273. The molecular weight excluding hydrogens is 288 g/mol. The lowest BCUT2D eigenvalue weighted by molar-refractivity contribution is -0.271. The Bertz CT molecular complexity index is 580. The van der Waals surface area contributed by atoms with E-state index >= 15 is 0 Å². The van der Waals surface area contributed by atoms with Gasteiger partial charge in [0.1, 0.15) is 29.8 Å². The van der Waals surface area contributed by atoms with Crippen LogP contribution in [0.4, 0.5) is 0 Å². The van der Waals surface area contributed by atoms with Gasteiger partial charge in [0.05, 0.1) is 6.07 Å². The molecule has 5 atom stereocenters. The highest BCUT2D eigenvalue weighted by atomic mass is 16.7. The molecule has 5 unspecified atom stereocenters. The average Bonchev–Trinajstić information content (AvgIpc) is 2.38. The molecule has 1 aliphatic rings. The van der Waals surface area contributed by atoms with Crippen molar-refractivity contribution in [3.8, 4) is 5.75 Å². The van der Waals surface area contributed by atoms with Crippen LogP contribution in [0.2, 0.25) is 0 Å². The SMILES string of the molecule is Cc1cc(OC2OC(C(=O)O)C(O)C(O)C2O)cc(=O)o1. The van der Waals surface area contributed by atoms with Crippen LogP contribution in [0, 0.1) is 6.92 Å². The monoisotopic (exact) mass is 302 g/mol. The van der Waals surface area contributed by atoms with Crippen LogP contribution in [-0.4, -0.2) is 57.1 Å². The van der Waals surface area contributed by atoms with Gasteiger partial charge in [0.15, 0.2) is 6.10 Å². The number of hydrogen-bond acceptors (Lipinski definition) is 8. The van der Waals surface area contributed by atoms with Crippen molar-refractivity contribution in [2.45, 2.75) is 37.6 Å². The van der Waals surface area contributed by atoms with Gasteiger partial charge in [0.2, 0.25) is 6.29 Å². The summed E-state index contributed by atoms with van der Waals surface area (Å²) in [6, 6.07) is 2.29. The second-order valence-electron chi connectivity index (χ2n) is 4.58. The molecule has 4 N–H and O–H groups in total. The molecule has 2 rings (SSSR count). The van der Waals surface area contributed by atoms with E-state index < -0.39 is 42.3 Å². The van der Waals surface area contributed by atoms with Gasteiger partial charge in [-0.1, -0.05) is 0 Å². The van der Waals surface area contributed by atoms with E-state index in [-0.39, 0.29) is 11.5 Å². The third kappa shape index (κ3) is 3.22. The first kappa shape index (κ1) is 15.4. The van der Waals surface area contributed by atoms with Crippen molar-refractivity contribution in [2.75, 3.05) is 0 Å². The predicted molar refractivity (Wildman–Crippen MR) is 64.7 cm³/mol. The van der Waals surface area contributed by atoms with Crippen LogP contribution < -0.4 is 10.4 Å². The van der Waals surface area contributed by atoms with Crippen molar-refractivity contribution in [3.05, 3.63) is 28.3 Å². The molecule has 1 fully saturated rings. The molecule has 0 saturated carbocycles. The number of ether oxygens (including phenoxy) is 2. The first-order valence-electron chi connectivity index (χ1n) is 6.00. The fourth-order valence-electron chi connectivity index (χ4n) is 1.93. The lowest BCUT2D eigenvalue weighted by atomic mass is 9.99. The molecule has 1 saturated heterocycles. The zero-order valence-electron chi connectivity index (χ0n) is 10.9. The second kappa shape index (κ2) is 5.82. The summed E-state index contributed by atoms with van der Waals surface area (Å²) in [6.07, 6.45) is -8.60. The molecule has 1 aromatic rings. The van der Waals surface area contributed by atoms with Crippen LogP contribution in [0.3, 0.4) is 0 Å². The van der Waals surface area contributed by atoms with Crippen molar-refractivity contribution in [3.63, 3.8) is 0 Å². The summed E-state index contributed by atoms with van der Waals surface area (Å²) < 4.78 is 14.8. The zero-order valence-corrected chi connectivity index (χ0v) is 10.9. The van der Waals surface area contributed by atoms with Gasteiger partial charge < -0.3 is 34.3 Å². The first-order valence-corrected chi connectivity index (χ1v) is 6.00. The lowest BCUT2D eigenvalue weighted by Gasteiger charge is -2.38. The molecule has 116 valence electrons. The number of carboxylic acid groups (broad SMARTS) is 1. The van der Waals surface area contributed by atoms with Crippen LogP contribution in [-0.2, 0) is 9.53 Å². The fraction of sp³-hybridized carbons (Fsp3) is 0.500. The summed E-state index contributed by atoms with van der Waals surface area (Å²) in [5.41, 5.74) is -0.703. The van der Waals surface area contributed by atoms with E-state index in [9.17, 15) is 24.9 Å². The smallest absolute Gasteiger partial charge is 0.339 e. The molecule has 0 amide bonds. The summed E-state index contributed by atoms with van der Waals surface area (Å²) in [6.45, 7) is 1.49. The van der Waals surface area contributed by atoms with Crippen molar-refractivity contribution in [2.24, 2.45) is 0 Å². The molecule has 0 aromatic carbocycles. The van der Waals surface area contributed by atoms with Gasteiger partial charge in [-0.2, -0.15) is 0 Å². The van der Waals surface area contributed by atoms with Gasteiger partial charge in [-0.05, 0) is 6.92 Å². The number of carboxylic acids is 1. The third-order valence-electron chi connectivity index (χ3n) is 2.93. The average molecular weight is 302 g/mol. The Kier molecular flexibility index (Phi) is 4.28. The predicted octanol–water partition coefficient (Wildman–Crippen LogP) is -1.78. The lowest BCUT2D eigenvalue weighted by Crippen LogP contribution is -2.61. The highest BCUT2D eigenvalue weighted by Gasteiger charge is 2.48. The molecule has 1 aromatic heterocycles. The molecule has 0 radical (unpaired) electrons. The third-order valence-corrected chi connectivity index (χ3v) is 2.93. The fourth-order valence-corrected chi connectivity index (χ4v) is 1.93. The van der Waals surface area contributed by atoms with E-state index in [4.69, 9.17) is 19.0 Å². The molecule has 9 nitrogen and oxygen atoms in total. The van der Waals surface area contributed by atoms with Crippen LogP contribution in [0.25, 0.3) is 0 Å². The number of aliphatic hydroxyl groups is 3. The molecule has 21 heavy (non-hydrogen) atoms. The van der Waals surface area contributed by atoms with Crippen molar-refractivity contribution in [1.29, 1.82) is 0 Å². The molecule has 0 aliphatic carbocycles. The van der Waals surface area contributed by atoms with Crippen LogP contribution >= 0.6 is 0 Å². The molecule has 0 bridgehead atoms. The Hall–Kier alpha value is -1.94. The summed E-state index contributed by atoms with van der Waals surface area (Å²) in [4.78, 5) is 22.1. The maximum Gasteiger partial charge on any atom is 0.339 e. The Morgan fingerprint density at radius 2 is 1.86 bits per heavy atom. The van der Waals surface area contributed by atoms with Gasteiger partial charge in [0, 0.05) is 6.07 Å². The standard InChI is InChI=1S/C12H14O9/c1-4-2-5(3-6(13)19-4)20-12-9(16)7(14)8(15)10(21-12)11(17)18/h2-3,7-10,12,14-16H,1H3,(H,17,18). The normalized spacial score (nSPS) is 32.7. The minimum Gasteiger partial charge on any atom is -0.479 e. The van der Waals surface area contributed by atoms with Gasteiger partial charge in [0.25, 0.3) is 0 Å². The van der Waals surface area contributed by atoms with Crippen LogP contribution in [0.15, 0.2) is 21.3 Å². The van der Waals surface area contributed by atoms with Crippen LogP contribution in [0.1, 0.15) is 5.76 Å². The summed E-state index contributed by atoms with van der Waals surface area (Å²) >= 11 is 0. The summed E-state index contributed by atoms with van der Waals surface area (Å²) in [5.74, 6) is -1.32. The Labute approximate surface area is 118 Å². The van der Waals surface area contributed by atoms with Gasteiger partial charge >= 0.3 is 11.6 Å². The van der Waals surface area contributed by atoms with Gasteiger partial charge in [-0.25, -0.2) is 9.59 Å². The molecule has 0 spiro atoms. The molecule has 2 heterocycles. The molecule has 1 aliphatic heterocycles. The summed E-state index contributed by atoms with van der Waals surface area (Å²) in [5, 5.41) is 37.8. The van der Waals surface area contributed by atoms with E-state index in [1.807, 2.05) is 0 Å². The van der Waals surface area contributed by atoms with E-state index in [1.54, 1.807) is 0 Å². The van der Waals surface area contributed by atoms with E-state index in [0.29, 0.717) is 0 Å². The quantitative estimate of drug-likeness (QED) is 0.508. The molecule has 9 heteroatoms. The number of aliphatic hydroxyl groups excluding tert-OH is 3. The minimum atomic E-state index is -1.81.